The molecule has 7 aromatic heterocycles. The Morgan fingerprint density at radius 1 is 0.278 bits per heavy atom. The molecule has 0 fully saturated rings. The molecule has 42 nitrogen and oxygen atoms in total. The number of rotatable bonds is 31. The predicted octanol–water partition coefficient (Wildman–Crippen LogP) is 3.84. The van der Waals surface area contributed by atoms with Crippen molar-refractivity contribution in [2.24, 2.45) is 7.05 Å². The van der Waals surface area contributed by atoms with Crippen LogP contribution in [0.15, 0.2) is 196 Å². The van der Waals surface area contributed by atoms with Gasteiger partial charge in [-0.3, -0.25) is 98.8 Å². The summed E-state index contributed by atoms with van der Waals surface area (Å²) in [6.45, 7) is 32.0. The minimum atomic E-state index is -0.488. The zero-order valence-electron chi connectivity index (χ0n) is 78.6. The van der Waals surface area contributed by atoms with Gasteiger partial charge in [0.1, 0.15) is 42.7 Å². The molecule has 14 atom stereocenters. The molecule has 7 aromatic rings. The highest BCUT2D eigenvalue weighted by molar-refractivity contribution is 5.15. The van der Waals surface area contributed by atoms with E-state index in [0.717, 1.165) is 23.8 Å². The predicted molar refractivity (Wildman–Crippen MR) is 492 cm³/mol. The monoisotopic (exact) mass is 1860 g/mol. The van der Waals surface area contributed by atoms with E-state index in [1.807, 2.05) is 89.3 Å². The summed E-state index contributed by atoms with van der Waals surface area (Å²) in [5, 5.41) is 0. The fraction of sp³-hybridized carbons (Fsp3) is 0.538. The number of hydrogen-bond acceptors (Lipinski definition) is 28. The molecule has 0 radical (unpaired) electrons. The van der Waals surface area contributed by atoms with Crippen molar-refractivity contribution >= 4 is 0 Å². The fourth-order valence-corrected chi connectivity index (χ4v) is 14.0. The molecule has 0 saturated carbocycles. The van der Waals surface area contributed by atoms with E-state index in [2.05, 4.69) is 15.0 Å². The average molecular weight is 1860 g/mol. The van der Waals surface area contributed by atoms with Crippen LogP contribution in [0.3, 0.4) is 0 Å². The number of aromatic nitrogens is 14. The topological polar surface area (TPSA) is 470 Å². The van der Waals surface area contributed by atoms with Crippen LogP contribution in [0.5, 0.6) is 0 Å². The van der Waals surface area contributed by atoms with Gasteiger partial charge in [0.15, 0.2) is 43.6 Å². The molecule has 0 spiro atoms. The van der Waals surface area contributed by atoms with Gasteiger partial charge in [-0.1, -0.05) is 63.3 Å². The molecule has 133 heavy (non-hydrogen) atoms. The van der Waals surface area contributed by atoms with Gasteiger partial charge in [-0.2, -0.15) is 0 Å². The second-order valence-corrected chi connectivity index (χ2v) is 31.3. The van der Waals surface area contributed by atoms with Crippen molar-refractivity contribution in [3.05, 3.63) is 313 Å². The summed E-state index contributed by atoms with van der Waals surface area (Å²) < 4.78 is 90.7. The lowest BCUT2D eigenvalue weighted by Crippen LogP contribution is -2.42. The van der Waals surface area contributed by atoms with Crippen molar-refractivity contribution in [2.75, 3.05) is 94.0 Å². The molecule has 0 amide bonds. The van der Waals surface area contributed by atoms with Crippen molar-refractivity contribution in [1.29, 1.82) is 0 Å². The van der Waals surface area contributed by atoms with Gasteiger partial charge in [0.25, 0.3) is 38.9 Å². The molecule has 0 saturated heterocycles. The Kier molecular flexibility index (Phi) is 41.8. The first-order valence-corrected chi connectivity index (χ1v) is 44.0. The molecule has 0 bridgehead atoms. The van der Waals surface area contributed by atoms with Crippen LogP contribution in [-0.4, -0.2) is 202 Å². The van der Waals surface area contributed by atoms with E-state index < -0.39 is 66.4 Å². The first kappa shape index (κ1) is 107. The Bertz CT molecular complexity index is 6200. The number of methoxy groups -OCH3 is 3. The summed E-state index contributed by atoms with van der Waals surface area (Å²) >= 11 is 0. The molecule has 3 N–H and O–H groups in total. The highest BCUT2D eigenvalue weighted by Crippen LogP contribution is 2.26. The molecule has 14 heterocycles. The van der Waals surface area contributed by atoms with Gasteiger partial charge in [0, 0.05) is 157 Å². The normalized spacial score (nSPS) is 22.0. The lowest BCUT2D eigenvalue weighted by Gasteiger charge is -2.18. The standard InChI is InChI=1S/C16H24N2O4.C14H20N2O4.2C13H18N2O4.2C12H16N2O4.C11H14N2O4/c1-4-8-17-15(19)12(3)10-18(16(17)20)14-7-6-13(22-14)11-21-9-5-2;1-4-15-13(17)10(3)8-16(14(15)18)12-7-6-11(20-12)9-19-5-2;1-4-14-12(16)9(2)7-15(13(14)17)11-6-5-10(19-11)8-18-3;1-3-6-18-8-10-4-5-11(19-10)15-7-9(2)12(16)14-13(15)17;1-8-6-14(12(16)13(2)11(8)15)10-5-4-9(18-10)7-17-3;1-3-17-7-9-4-5-10(18-9)14-6-8(2)11(15)13-12(14)16;1-7-5-13(11(15)12-10(7)14)9-4-3-8(17-9)6-16-2/h6-7,10,13-14H,4-5,8-9,11H2,1-3H3;6-8,11-12H,4-5,9H2,1-3H3;5-7,10-11H,4,8H2,1-3H3;4-5,7,10-11H,3,6,8H2,1-2H3,(H,14,16,17);4-6,9-10H,7H2,1-3H3;4-6,9-10H,3,7H2,1-2H3,(H,13,15,16);3-5,8-9H,6H2,1-2H3,(H,12,14,15)/t13-,14+;11-,12+;2*10-,11+;2*9-,10+;8-,9+/m0000000/s1. The van der Waals surface area contributed by atoms with Crippen LogP contribution in [0.2, 0.25) is 0 Å². The minimum Gasteiger partial charge on any atom is -0.382 e. The first-order chi connectivity index (χ1) is 63.6. The van der Waals surface area contributed by atoms with Gasteiger partial charge in [-0.25, -0.2) is 33.6 Å². The van der Waals surface area contributed by atoms with E-state index in [9.17, 15) is 67.1 Å². The van der Waals surface area contributed by atoms with E-state index in [1.54, 1.807) is 133 Å². The Morgan fingerprint density at radius 2 is 0.511 bits per heavy atom. The van der Waals surface area contributed by atoms with E-state index in [-0.39, 0.29) is 98.7 Å². The van der Waals surface area contributed by atoms with Crippen LogP contribution in [0.1, 0.15) is 150 Å². The van der Waals surface area contributed by atoms with Crippen LogP contribution >= 0.6 is 0 Å². The number of ether oxygens (including phenoxy) is 14. The molecule has 7 aliphatic heterocycles. The Morgan fingerprint density at radius 3 is 0.767 bits per heavy atom. The third-order valence-corrected chi connectivity index (χ3v) is 20.9. The van der Waals surface area contributed by atoms with Gasteiger partial charge in [-0.15, -0.1) is 0 Å². The van der Waals surface area contributed by atoms with E-state index in [1.165, 1.54) is 77.5 Å². The van der Waals surface area contributed by atoms with Crippen molar-refractivity contribution in [1.82, 2.24) is 65.2 Å². The molecule has 42 heteroatoms. The van der Waals surface area contributed by atoms with Crippen molar-refractivity contribution < 1.29 is 66.3 Å². The second kappa shape index (κ2) is 52.1. The number of nitrogens with one attached hydrogen (secondary N) is 3. The van der Waals surface area contributed by atoms with Gasteiger partial charge < -0.3 is 66.3 Å². The Hall–Kier alpha value is -11.6. The highest BCUT2D eigenvalue weighted by Gasteiger charge is 2.30. The van der Waals surface area contributed by atoms with E-state index in [4.69, 9.17) is 66.3 Å². The smallest absolute Gasteiger partial charge is 0.333 e. The summed E-state index contributed by atoms with van der Waals surface area (Å²) in [5.41, 5.74) is -1.48. The third kappa shape index (κ3) is 29.0. The maximum atomic E-state index is 12.5. The van der Waals surface area contributed by atoms with Gasteiger partial charge in [0.05, 0.1) is 46.2 Å². The van der Waals surface area contributed by atoms with Crippen LogP contribution in [0, 0.1) is 48.5 Å². The summed E-state index contributed by atoms with van der Waals surface area (Å²) in [5.74, 6) is 0. The lowest BCUT2D eigenvalue weighted by atomic mass is 10.3. The van der Waals surface area contributed by atoms with E-state index in [0.29, 0.717) is 131 Å². The van der Waals surface area contributed by atoms with Gasteiger partial charge >= 0.3 is 39.8 Å². The molecule has 0 aliphatic carbocycles. The van der Waals surface area contributed by atoms with Crippen molar-refractivity contribution in [3.8, 4) is 0 Å². The third-order valence-electron chi connectivity index (χ3n) is 20.9. The second-order valence-electron chi connectivity index (χ2n) is 31.3. The largest absolute Gasteiger partial charge is 0.382 e. The molecule has 7 aliphatic rings. The Labute approximate surface area is 764 Å². The zero-order chi connectivity index (χ0) is 97.4. The summed E-state index contributed by atoms with van der Waals surface area (Å²) in [6.07, 6.45) is 34.4. The lowest BCUT2D eigenvalue weighted by molar-refractivity contribution is -0.0309. The van der Waals surface area contributed by atoms with Crippen LogP contribution in [-0.2, 0) is 93.0 Å². The van der Waals surface area contributed by atoms with Crippen LogP contribution in [0.4, 0.5) is 0 Å². The van der Waals surface area contributed by atoms with Crippen molar-refractivity contribution in [3.63, 3.8) is 0 Å². The summed E-state index contributed by atoms with van der Waals surface area (Å²) in [7, 11) is 6.23. The summed E-state index contributed by atoms with van der Waals surface area (Å²) in [4.78, 5) is 172. The Balaban J connectivity index is 0.000000191. The fourth-order valence-electron chi connectivity index (χ4n) is 14.0. The molecular weight excluding hydrogens is 1740 g/mol. The zero-order valence-corrected chi connectivity index (χ0v) is 78.6. The maximum Gasteiger partial charge on any atom is 0.333 e. The molecule has 728 valence electrons. The average Bonchev–Trinajstić information content (AvgIpc) is 1.77. The molecular formula is C91H126N14O28. The SMILES string of the molecule is CCCOC[C@@H]1C=C[C@H](n2cc(C)c(=O)[nH]c2=O)O1.CCCOC[C@@H]1C=C[C@H](n2cc(C)c(=O)n(CCC)c2=O)O1.CCOC[C@@H]1C=C[C@H](n2cc(C)c(=O)[nH]c2=O)O1.CCOC[C@@H]1C=C[C@H](n2cc(C)c(=O)n(CC)c2=O)O1.CCn1c(=O)c(C)cn([C@H]2C=C[C@@H](COC)O2)c1=O.COC[C@@H]1C=C[C@H](n2cc(C)c(=O)[nH]c2=O)O1.COC[C@@H]1C=C[C@H](n2cc(C)c(=O)n(C)c2=O)O1. The summed E-state index contributed by atoms with van der Waals surface area (Å²) in [6, 6.07) is 0. The number of H-pyrrole nitrogens is 3. The van der Waals surface area contributed by atoms with E-state index >= 15 is 0 Å². The van der Waals surface area contributed by atoms with Gasteiger partial charge in [-0.05, 0) is 138 Å². The number of aromatic amines is 3. The van der Waals surface area contributed by atoms with Gasteiger partial charge in [0.2, 0.25) is 0 Å². The number of aryl methyl sites for hydroxylation is 7. The highest BCUT2D eigenvalue weighted by atomic mass is 16.6. The first-order valence-electron chi connectivity index (χ1n) is 44.0. The molecule has 0 unspecified atom stereocenters. The van der Waals surface area contributed by atoms with Crippen molar-refractivity contribution in [2.45, 2.75) is 222 Å². The number of hydrogen-bond donors (Lipinski definition) is 3. The maximum absolute atomic E-state index is 12.5. The minimum absolute atomic E-state index is 0.157. The molecule has 0 aromatic carbocycles. The molecule has 14 rings (SSSR count). The quantitative estimate of drug-likeness (QED) is 0.0410. The number of nitrogens with zero attached hydrogens (tertiary/aromatic N) is 11. The van der Waals surface area contributed by atoms with Crippen LogP contribution < -0.4 is 78.7 Å². The van der Waals surface area contributed by atoms with Crippen LogP contribution in [0.25, 0.3) is 0 Å².